The number of carbonyl (C=O) groups is 1. The molecule has 1 aromatic heterocycles. The van der Waals surface area contributed by atoms with Crippen molar-refractivity contribution in [3.8, 4) is 5.75 Å². The lowest BCUT2D eigenvalue weighted by Crippen LogP contribution is -2.47. The second kappa shape index (κ2) is 8.87. The minimum Gasteiger partial charge on any atom is -0.495 e. The topological polar surface area (TPSA) is 73.8 Å². The Morgan fingerprint density at radius 3 is 2.63 bits per heavy atom. The SMILES string of the molecule is CCN1CCN(c2nc(C)nc3c2CN(C(=O)Nc2ccccc2OC)CC3)CC1. The van der Waals surface area contributed by atoms with Gasteiger partial charge in [0.2, 0.25) is 0 Å². The van der Waals surface area contributed by atoms with Gasteiger partial charge in [-0.2, -0.15) is 0 Å². The number of piperazine rings is 1. The largest absolute Gasteiger partial charge is 0.495 e. The number of hydrogen-bond donors (Lipinski definition) is 1. The Labute approximate surface area is 177 Å². The van der Waals surface area contributed by atoms with E-state index in [1.165, 1.54) is 0 Å². The van der Waals surface area contributed by atoms with Crippen LogP contribution in [0.5, 0.6) is 5.75 Å². The molecule has 160 valence electrons. The van der Waals surface area contributed by atoms with Gasteiger partial charge in [0.1, 0.15) is 17.4 Å². The van der Waals surface area contributed by atoms with Crippen molar-refractivity contribution < 1.29 is 9.53 Å². The normalized spacial score (nSPS) is 16.9. The molecule has 1 aromatic carbocycles. The van der Waals surface area contributed by atoms with E-state index >= 15 is 0 Å². The number of nitrogens with zero attached hydrogens (tertiary/aromatic N) is 5. The van der Waals surface area contributed by atoms with Crippen molar-refractivity contribution in [2.24, 2.45) is 0 Å². The standard InChI is InChI=1S/C22H30N6O2/c1-4-26-11-13-27(14-12-26)21-17-15-28(10-9-18(17)23-16(2)24-21)22(29)25-19-7-5-6-8-20(19)30-3/h5-8H,4,9-15H2,1-3H3,(H,25,29). The van der Waals surface area contributed by atoms with E-state index in [2.05, 4.69) is 27.0 Å². The molecule has 4 rings (SSSR count). The third-order valence-electron chi connectivity index (χ3n) is 5.91. The van der Waals surface area contributed by atoms with E-state index < -0.39 is 0 Å². The summed E-state index contributed by atoms with van der Waals surface area (Å²) in [6.07, 6.45) is 0.736. The second-order valence-electron chi connectivity index (χ2n) is 7.74. The van der Waals surface area contributed by atoms with E-state index in [1.54, 1.807) is 7.11 Å². The Morgan fingerprint density at radius 2 is 1.90 bits per heavy atom. The monoisotopic (exact) mass is 410 g/mol. The van der Waals surface area contributed by atoms with Gasteiger partial charge in [-0.3, -0.25) is 0 Å². The van der Waals surface area contributed by atoms with Gasteiger partial charge in [0.25, 0.3) is 0 Å². The molecule has 2 aliphatic rings. The molecular formula is C22H30N6O2. The first-order chi connectivity index (χ1) is 14.6. The predicted molar refractivity (Wildman–Crippen MR) is 117 cm³/mol. The number of ether oxygens (including phenoxy) is 1. The molecule has 0 aliphatic carbocycles. The smallest absolute Gasteiger partial charge is 0.322 e. The van der Waals surface area contributed by atoms with Gasteiger partial charge < -0.3 is 24.8 Å². The van der Waals surface area contributed by atoms with Gasteiger partial charge in [-0.1, -0.05) is 19.1 Å². The second-order valence-corrected chi connectivity index (χ2v) is 7.74. The molecule has 30 heavy (non-hydrogen) atoms. The Hall–Kier alpha value is -2.87. The fraction of sp³-hybridized carbons (Fsp3) is 0.500. The molecule has 1 N–H and O–H groups in total. The first-order valence-electron chi connectivity index (χ1n) is 10.6. The van der Waals surface area contributed by atoms with Crippen LogP contribution in [0.2, 0.25) is 0 Å². The van der Waals surface area contributed by atoms with Crippen LogP contribution in [0.4, 0.5) is 16.3 Å². The summed E-state index contributed by atoms with van der Waals surface area (Å²) in [7, 11) is 1.60. The summed E-state index contributed by atoms with van der Waals surface area (Å²) in [5, 5.41) is 2.99. The third-order valence-corrected chi connectivity index (χ3v) is 5.91. The number of nitrogens with one attached hydrogen (secondary N) is 1. The molecular weight excluding hydrogens is 380 g/mol. The first-order valence-corrected chi connectivity index (χ1v) is 10.6. The van der Waals surface area contributed by atoms with Crippen LogP contribution >= 0.6 is 0 Å². The van der Waals surface area contributed by atoms with Gasteiger partial charge >= 0.3 is 6.03 Å². The number of urea groups is 1. The van der Waals surface area contributed by atoms with Crippen LogP contribution in [0.3, 0.4) is 0 Å². The quantitative estimate of drug-likeness (QED) is 0.835. The van der Waals surface area contributed by atoms with E-state index in [1.807, 2.05) is 36.1 Å². The zero-order valence-corrected chi connectivity index (χ0v) is 18.0. The summed E-state index contributed by atoms with van der Waals surface area (Å²) in [5.41, 5.74) is 2.82. The van der Waals surface area contributed by atoms with E-state index in [0.29, 0.717) is 24.5 Å². The number of anilines is 2. The Morgan fingerprint density at radius 1 is 1.13 bits per heavy atom. The average molecular weight is 411 g/mol. The minimum absolute atomic E-state index is 0.132. The number of fused-ring (bicyclic) bond motifs is 1. The van der Waals surface area contributed by atoms with Crippen molar-refractivity contribution in [2.75, 3.05) is 56.6 Å². The van der Waals surface area contributed by atoms with Gasteiger partial charge in [-0.05, 0) is 25.6 Å². The molecule has 3 heterocycles. The number of hydrogen-bond acceptors (Lipinski definition) is 6. The zero-order valence-electron chi connectivity index (χ0n) is 18.0. The molecule has 2 aliphatic heterocycles. The van der Waals surface area contributed by atoms with Crippen LogP contribution in [0, 0.1) is 6.92 Å². The molecule has 0 radical (unpaired) electrons. The Bertz CT molecular complexity index is 910. The summed E-state index contributed by atoms with van der Waals surface area (Å²) in [6, 6.07) is 7.32. The van der Waals surface area contributed by atoms with Crippen molar-refractivity contribution in [3.63, 3.8) is 0 Å². The number of amides is 2. The molecule has 8 heteroatoms. The van der Waals surface area contributed by atoms with Crippen LogP contribution < -0.4 is 15.0 Å². The van der Waals surface area contributed by atoms with Crippen molar-refractivity contribution >= 4 is 17.5 Å². The first kappa shape index (κ1) is 20.4. The molecule has 2 aromatic rings. The van der Waals surface area contributed by atoms with E-state index in [0.717, 1.165) is 62.0 Å². The number of para-hydroxylation sites is 2. The summed E-state index contributed by atoms with van der Waals surface area (Å²) >= 11 is 0. The highest BCUT2D eigenvalue weighted by Crippen LogP contribution is 2.29. The third kappa shape index (κ3) is 4.18. The minimum atomic E-state index is -0.132. The summed E-state index contributed by atoms with van der Waals surface area (Å²) < 4.78 is 5.36. The highest BCUT2D eigenvalue weighted by molar-refractivity contribution is 5.91. The molecule has 8 nitrogen and oxygen atoms in total. The number of aryl methyl sites for hydroxylation is 1. The molecule has 0 unspecified atom stereocenters. The van der Waals surface area contributed by atoms with Gasteiger partial charge in [0, 0.05) is 44.7 Å². The number of methoxy groups -OCH3 is 1. The maximum absolute atomic E-state index is 13.0. The number of benzene rings is 1. The highest BCUT2D eigenvalue weighted by atomic mass is 16.5. The van der Waals surface area contributed by atoms with Crippen molar-refractivity contribution in [1.82, 2.24) is 19.8 Å². The number of carbonyl (C=O) groups excluding carboxylic acids is 1. The molecule has 0 atom stereocenters. The van der Waals surface area contributed by atoms with E-state index in [9.17, 15) is 4.79 Å². The lowest BCUT2D eigenvalue weighted by Gasteiger charge is -2.37. The maximum Gasteiger partial charge on any atom is 0.322 e. The maximum atomic E-state index is 13.0. The Balaban J connectivity index is 1.53. The van der Waals surface area contributed by atoms with Crippen LogP contribution in [0.15, 0.2) is 24.3 Å². The molecule has 0 saturated carbocycles. The fourth-order valence-corrected chi connectivity index (χ4v) is 4.17. The molecule has 1 fully saturated rings. The van der Waals surface area contributed by atoms with Crippen molar-refractivity contribution in [2.45, 2.75) is 26.8 Å². The fourth-order valence-electron chi connectivity index (χ4n) is 4.17. The van der Waals surface area contributed by atoms with Gasteiger partial charge in [-0.15, -0.1) is 0 Å². The van der Waals surface area contributed by atoms with Gasteiger partial charge in [0.15, 0.2) is 0 Å². The van der Waals surface area contributed by atoms with Gasteiger partial charge in [-0.25, -0.2) is 14.8 Å². The van der Waals surface area contributed by atoms with Crippen molar-refractivity contribution in [3.05, 3.63) is 41.3 Å². The zero-order chi connectivity index (χ0) is 21.1. The lowest BCUT2D eigenvalue weighted by molar-refractivity contribution is 0.205. The number of rotatable bonds is 4. The number of aromatic nitrogens is 2. The van der Waals surface area contributed by atoms with Crippen LogP contribution in [0.25, 0.3) is 0 Å². The van der Waals surface area contributed by atoms with E-state index in [4.69, 9.17) is 9.72 Å². The number of likely N-dealkylation sites (N-methyl/N-ethyl adjacent to an activating group) is 1. The van der Waals surface area contributed by atoms with Crippen LogP contribution in [-0.2, 0) is 13.0 Å². The molecule has 1 saturated heterocycles. The average Bonchev–Trinajstić information content (AvgIpc) is 2.78. The molecule has 0 spiro atoms. The van der Waals surface area contributed by atoms with Crippen LogP contribution in [-0.4, -0.2) is 72.2 Å². The summed E-state index contributed by atoms with van der Waals surface area (Å²) in [4.78, 5) is 29.1. The highest BCUT2D eigenvalue weighted by Gasteiger charge is 2.28. The summed E-state index contributed by atoms with van der Waals surface area (Å²) in [6.45, 7) is 10.3. The molecule has 2 amide bonds. The van der Waals surface area contributed by atoms with Gasteiger partial charge in [0.05, 0.1) is 25.0 Å². The summed E-state index contributed by atoms with van der Waals surface area (Å²) in [5.74, 6) is 2.44. The predicted octanol–water partition coefficient (Wildman–Crippen LogP) is 2.53. The van der Waals surface area contributed by atoms with Crippen molar-refractivity contribution in [1.29, 1.82) is 0 Å². The van der Waals surface area contributed by atoms with Crippen LogP contribution in [0.1, 0.15) is 24.0 Å². The Kier molecular flexibility index (Phi) is 6.03. The van der Waals surface area contributed by atoms with E-state index in [-0.39, 0.29) is 6.03 Å². The molecule has 0 bridgehead atoms. The lowest BCUT2D eigenvalue weighted by atomic mass is 10.1.